The molecule has 0 saturated carbocycles. The first kappa shape index (κ1) is 22.9. The largest absolute Gasteiger partial charge is 0.367 e. The summed E-state index contributed by atoms with van der Waals surface area (Å²) in [7, 11) is 1.92. The van der Waals surface area contributed by atoms with E-state index in [-0.39, 0.29) is 40.6 Å². The molecule has 1 aliphatic rings. The number of aliphatic imine (C=N–C) groups is 1. The standard InChI is InChI=1S/C19H27N7O2.HI/c1-3-20-19(21-11-15-6-4-8-17(10-15)26(27)28)23-16-7-5-9-25(13-16)18-12-22-24(2)14-18;/h4,6,8,10,12,14,16H,3,5,7,9,11,13H2,1-2H3,(H2,20,21,23);1H. The molecule has 0 bridgehead atoms. The summed E-state index contributed by atoms with van der Waals surface area (Å²) in [6, 6.07) is 6.88. The minimum atomic E-state index is -0.383. The SMILES string of the molecule is CCNC(=NCc1cccc([N+](=O)[O-])c1)NC1CCCN(c2cnn(C)c2)C1.I. The van der Waals surface area contributed by atoms with Gasteiger partial charge in [-0.15, -0.1) is 24.0 Å². The molecule has 9 nitrogen and oxygen atoms in total. The number of nitrogens with zero attached hydrogens (tertiary/aromatic N) is 5. The highest BCUT2D eigenvalue weighted by Crippen LogP contribution is 2.19. The average Bonchev–Trinajstić information content (AvgIpc) is 3.13. The van der Waals surface area contributed by atoms with Gasteiger partial charge in [-0.1, -0.05) is 12.1 Å². The lowest BCUT2D eigenvalue weighted by Crippen LogP contribution is -2.51. The van der Waals surface area contributed by atoms with Gasteiger partial charge in [0, 0.05) is 51.1 Å². The van der Waals surface area contributed by atoms with Gasteiger partial charge >= 0.3 is 0 Å². The third kappa shape index (κ3) is 6.58. The number of benzene rings is 1. The fourth-order valence-electron chi connectivity index (χ4n) is 3.35. The van der Waals surface area contributed by atoms with Crippen molar-refractivity contribution < 1.29 is 4.92 Å². The van der Waals surface area contributed by atoms with Crippen molar-refractivity contribution >= 4 is 41.3 Å². The minimum absolute atomic E-state index is 0. The van der Waals surface area contributed by atoms with E-state index in [4.69, 9.17) is 0 Å². The van der Waals surface area contributed by atoms with E-state index in [1.54, 1.807) is 12.1 Å². The zero-order valence-corrected chi connectivity index (χ0v) is 19.1. The van der Waals surface area contributed by atoms with E-state index in [0.29, 0.717) is 6.54 Å². The van der Waals surface area contributed by atoms with Crippen LogP contribution in [0.2, 0.25) is 0 Å². The lowest BCUT2D eigenvalue weighted by atomic mass is 10.1. The monoisotopic (exact) mass is 513 g/mol. The van der Waals surface area contributed by atoms with Crippen LogP contribution in [0.3, 0.4) is 0 Å². The number of halogens is 1. The van der Waals surface area contributed by atoms with Crippen LogP contribution in [0, 0.1) is 10.1 Å². The molecule has 10 heteroatoms. The van der Waals surface area contributed by atoms with Crippen molar-refractivity contribution in [2.75, 3.05) is 24.5 Å². The van der Waals surface area contributed by atoms with Crippen molar-refractivity contribution in [3.05, 3.63) is 52.3 Å². The van der Waals surface area contributed by atoms with Crippen molar-refractivity contribution in [1.82, 2.24) is 20.4 Å². The third-order valence-corrected chi connectivity index (χ3v) is 4.70. The first-order chi connectivity index (χ1) is 13.5. The van der Waals surface area contributed by atoms with E-state index >= 15 is 0 Å². The van der Waals surface area contributed by atoms with Crippen LogP contribution >= 0.6 is 24.0 Å². The Morgan fingerprint density at radius 3 is 2.97 bits per heavy atom. The second kappa shape index (κ2) is 11.0. The molecule has 1 aliphatic heterocycles. The topological polar surface area (TPSA) is 101 Å². The van der Waals surface area contributed by atoms with Crippen molar-refractivity contribution in [3.63, 3.8) is 0 Å². The first-order valence-electron chi connectivity index (χ1n) is 9.57. The number of aromatic nitrogens is 2. The molecule has 1 saturated heterocycles. The number of guanidine groups is 1. The second-order valence-electron chi connectivity index (χ2n) is 6.92. The van der Waals surface area contributed by atoms with Crippen LogP contribution in [0.15, 0.2) is 41.7 Å². The number of non-ortho nitro benzene ring substituents is 1. The fraction of sp³-hybridized carbons (Fsp3) is 0.474. The van der Waals surface area contributed by atoms with Crippen LogP contribution in [-0.4, -0.2) is 46.3 Å². The summed E-state index contributed by atoms with van der Waals surface area (Å²) in [6.07, 6.45) is 6.09. The number of rotatable bonds is 6. The zero-order chi connectivity index (χ0) is 19.9. The van der Waals surface area contributed by atoms with Gasteiger partial charge in [0.25, 0.3) is 5.69 Å². The zero-order valence-electron chi connectivity index (χ0n) is 16.7. The summed E-state index contributed by atoms with van der Waals surface area (Å²) >= 11 is 0. The maximum absolute atomic E-state index is 10.9. The molecule has 1 aromatic heterocycles. The highest BCUT2D eigenvalue weighted by atomic mass is 127. The maximum atomic E-state index is 10.9. The lowest BCUT2D eigenvalue weighted by molar-refractivity contribution is -0.384. The summed E-state index contributed by atoms with van der Waals surface area (Å²) < 4.78 is 1.82. The predicted octanol–water partition coefficient (Wildman–Crippen LogP) is 2.67. The predicted molar refractivity (Wildman–Crippen MR) is 125 cm³/mol. The Bertz CT molecular complexity index is 839. The van der Waals surface area contributed by atoms with Gasteiger partial charge in [0.05, 0.1) is 23.4 Å². The Hall–Kier alpha value is -2.37. The Kier molecular flexibility index (Phi) is 8.68. The van der Waals surface area contributed by atoms with Crippen LogP contribution < -0.4 is 15.5 Å². The number of piperidine rings is 1. The highest BCUT2D eigenvalue weighted by molar-refractivity contribution is 14.0. The third-order valence-electron chi connectivity index (χ3n) is 4.70. The van der Waals surface area contributed by atoms with E-state index in [1.807, 2.05) is 37.1 Å². The molecule has 0 radical (unpaired) electrons. The molecule has 2 heterocycles. The van der Waals surface area contributed by atoms with Gasteiger partial charge in [-0.05, 0) is 25.3 Å². The number of aryl methyl sites for hydroxylation is 1. The molecule has 0 aliphatic carbocycles. The van der Waals surface area contributed by atoms with Gasteiger partial charge in [-0.2, -0.15) is 5.10 Å². The van der Waals surface area contributed by atoms with E-state index in [2.05, 4.69) is 25.6 Å². The molecule has 0 amide bonds. The molecule has 2 aromatic rings. The Balaban J connectivity index is 0.00000300. The second-order valence-corrected chi connectivity index (χ2v) is 6.92. The van der Waals surface area contributed by atoms with Crippen LogP contribution in [0.4, 0.5) is 11.4 Å². The molecule has 1 unspecified atom stereocenters. The minimum Gasteiger partial charge on any atom is -0.367 e. The summed E-state index contributed by atoms with van der Waals surface area (Å²) in [5.74, 6) is 0.729. The molecule has 0 spiro atoms. The number of hydrogen-bond donors (Lipinski definition) is 2. The summed E-state index contributed by atoms with van der Waals surface area (Å²) in [5.41, 5.74) is 2.03. The molecular formula is C19H28IN7O2. The number of nitro groups is 1. The Morgan fingerprint density at radius 1 is 1.45 bits per heavy atom. The van der Waals surface area contributed by atoms with E-state index < -0.39 is 0 Å². The van der Waals surface area contributed by atoms with Crippen molar-refractivity contribution in [1.29, 1.82) is 0 Å². The Morgan fingerprint density at radius 2 is 2.28 bits per heavy atom. The average molecular weight is 513 g/mol. The maximum Gasteiger partial charge on any atom is 0.269 e. The van der Waals surface area contributed by atoms with Gasteiger partial charge in [0.15, 0.2) is 5.96 Å². The fourth-order valence-corrected chi connectivity index (χ4v) is 3.35. The smallest absolute Gasteiger partial charge is 0.269 e. The molecular weight excluding hydrogens is 485 g/mol. The van der Waals surface area contributed by atoms with Gasteiger partial charge in [0.2, 0.25) is 0 Å². The Labute approximate surface area is 187 Å². The lowest BCUT2D eigenvalue weighted by Gasteiger charge is -2.34. The van der Waals surface area contributed by atoms with Crippen molar-refractivity contribution in [2.24, 2.45) is 12.0 Å². The number of hydrogen-bond acceptors (Lipinski definition) is 5. The molecule has 1 fully saturated rings. The molecule has 3 rings (SSSR count). The number of anilines is 1. The van der Waals surface area contributed by atoms with Crippen LogP contribution in [0.1, 0.15) is 25.3 Å². The molecule has 158 valence electrons. The van der Waals surface area contributed by atoms with Gasteiger partial charge in [-0.25, -0.2) is 4.99 Å². The van der Waals surface area contributed by atoms with E-state index in [9.17, 15) is 10.1 Å². The van der Waals surface area contributed by atoms with Gasteiger partial charge in [-0.3, -0.25) is 14.8 Å². The summed E-state index contributed by atoms with van der Waals surface area (Å²) in [5, 5.41) is 22.0. The van der Waals surface area contributed by atoms with Crippen LogP contribution in [0.5, 0.6) is 0 Å². The number of nitrogens with one attached hydrogen (secondary N) is 2. The number of nitro benzene ring substituents is 1. The quantitative estimate of drug-likeness (QED) is 0.203. The van der Waals surface area contributed by atoms with Gasteiger partial charge in [0.1, 0.15) is 0 Å². The van der Waals surface area contributed by atoms with Crippen LogP contribution in [-0.2, 0) is 13.6 Å². The van der Waals surface area contributed by atoms with Gasteiger partial charge < -0.3 is 15.5 Å². The van der Waals surface area contributed by atoms with Crippen LogP contribution in [0.25, 0.3) is 0 Å². The first-order valence-corrected chi connectivity index (χ1v) is 9.57. The van der Waals surface area contributed by atoms with Crippen molar-refractivity contribution in [3.8, 4) is 0 Å². The summed E-state index contributed by atoms with van der Waals surface area (Å²) in [4.78, 5) is 17.5. The van der Waals surface area contributed by atoms with Crippen molar-refractivity contribution in [2.45, 2.75) is 32.4 Å². The summed E-state index contributed by atoms with van der Waals surface area (Å²) in [6.45, 7) is 5.06. The molecule has 29 heavy (non-hydrogen) atoms. The van der Waals surface area contributed by atoms with E-state index in [1.165, 1.54) is 6.07 Å². The molecule has 1 aromatic carbocycles. The normalized spacial score (nSPS) is 16.8. The molecule has 2 N–H and O–H groups in total. The highest BCUT2D eigenvalue weighted by Gasteiger charge is 2.21. The van der Waals surface area contributed by atoms with E-state index in [0.717, 1.165) is 49.7 Å². The molecule has 1 atom stereocenters.